The Morgan fingerprint density at radius 2 is 0.944 bits per heavy atom. The van der Waals surface area contributed by atoms with Gasteiger partial charge in [-0.05, 0) is 11.0 Å². The van der Waals surface area contributed by atoms with E-state index in [1.165, 1.54) is 15.3 Å². The van der Waals surface area contributed by atoms with Crippen molar-refractivity contribution in [1.29, 1.82) is 0 Å². The van der Waals surface area contributed by atoms with Gasteiger partial charge >= 0.3 is 0 Å². The molecule has 0 nitrogen and oxygen atoms in total. The summed E-state index contributed by atoms with van der Waals surface area (Å²) in [6.45, 7) is 20.7. The van der Waals surface area contributed by atoms with E-state index in [0.717, 1.165) is 0 Å². The van der Waals surface area contributed by atoms with E-state index in [1.54, 1.807) is 0 Å². The molecular weight excluding hydrogens is 236 g/mol. The Morgan fingerprint density at radius 1 is 0.611 bits per heavy atom. The normalized spacial score (nSPS) is 13.8. The summed E-state index contributed by atoms with van der Waals surface area (Å²) in [5.41, 5.74) is 2.13. The van der Waals surface area contributed by atoms with E-state index in [2.05, 4.69) is 74.4 Å². The molecule has 1 heteroatoms. The summed E-state index contributed by atoms with van der Waals surface area (Å²) < 4.78 is 0. The second kappa shape index (κ2) is 4.59. The first-order chi connectivity index (χ1) is 7.82. The van der Waals surface area contributed by atoms with Gasteiger partial charge in [0.2, 0.25) is 21.1 Å². The van der Waals surface area contributed by atoms with Crippen molar-refractivity contribution >= 4 is 11.3 Å². The number of rotatable bonds is 0. The molecule has 0 aliphatic heterocycles. The molecule has 0 aliphatic rings. The largest absolute Gasteiger partial charge is 0.219 e. The molecule has 0 bridgehead atoms. The van der Waals surface area contributed by atoms with Gasteiger partial charge in [0.1, 0.15) is 0 Å². The van der Waals surface area contributed by atoms with Crippen molar-refractivity contribution in [2.75, 3.05) is 0 Å². The average Bonchev–Trinajstić information content (AvgIpc) is 2.13. The van der Waals surface area contributed by atoms with E-state index in [-0.39, 0.29) is 16.2 Å². The number of hydrogen-bond acceptors (Lipinski definition) is 0. The second-order valence-electron chi connectivity index (χ2n) is 8.32. The molecule has 1 rings (SSSR count). The van der Waals surface area contributed by atoms with Crippen LogP contribution in [-0.4, -0.2) is 0 Å². The predicted octanol–water partition coefficient (Wildman–Crippen LogP) is 5.92. The zero-order chi connectivity index (χ0) is 14.4. The van der Waals surface area contributed by atoms with Crippen molar-refractivity contribution in [2.45, 2.75) is 78.6 Å². The lowest BCUT2D eigenvalue weighted by molar-refractivity contribution is 0.565. The standard InChI is InChI=1S/C17H29S/c1-15(2,3)12-10-13(16(4,5)6)18-14(11-12)17(7,8)9/h10-11H,1-9H3/q+1. The summed E-state index contributed by atoms with van der Waals surface area (Å²) in [5.74, 6) is 0. The molecule has 0 unspecified atom stereocenters. The molecule has 0 spiro atoms. The summed E-state index contributed by atoms with van der Waals surface area (Å²) >= 11 is 1.97. The Labute approximate surface area is 117 Å². The quantitative estimate of drug-likeness (QED) is 0.511. The van der Waals surface area contributed by atoms with Gasteiger partial charge in [-0.15, -0.1) is 0 Å². The minimum atomic E-state index is 0.216. The molecule has 0 aromatic carbocycles. The maximum absolute atomic E-state index is 2.40. The minimum Gasteiger partial charge on any atom is -0.0561 e. The van der Waals surface area contributed by atoms with Crippen LogP contribution in [0.1, 0.15) is 77.6 Å². The van der Waals surface area contributed by atoms with Crippen LogP contribution in [-0.2, 0) is 16.2 Å². The maximum Gasteiger partial charge on any atom is 0.219 e. The Morgan fingerprint density at radius 3 is 1.17 bits per heavy atom. The fourth-order valence-electron chi connectivity index (χ4n) is 1.67. The minimum absolute atomic E-state index is 0.216. The third kappa shape index (κ3) is 3.78. The zero-order valence-corrected chi connectivity index (χ0v) is 14.4. The fourth-order valence-corrected chi connectivity index (χ4v) is 2.89. The highest BCUT2D eigenvalue weighted by atomic mass is 32.1. The topological polar surface area (TPSA) is 0 Å². The molecular formula is C17H29S+. The lowest BCUT2D eigenvalue weighted by Gasteiger charge is -2.22. The van der Waals surface area contributed by atoms with Crippen LogP contribution in [0.25, 0.3) is 0 Å². The van der Waals surface area contributed by atoms with E-state index >= 15 is 0 Å². The van der Waals surface area contributed by atoms with E-state index < -0.39 is 0 Å². The fraction of sp³-hybridized carbons (Fsp3) is 0.706. The Kier molecular flexibility index (Phi) is 3.99. The highest BCUT2D eigenvalue weighted by Crippen LogP contribution is 2.37. The van der Waals surface area contributed by atoms with Gasteiger partial charge in [0.25, 0.3) is 0 Å². The monoisotopic (exact) mass is 265 g/mol. The first kappa shape index (κ1) is 15.6. The first-order valence-corrected chi connectivity index (χ1v) is 7.63. The van der Waals surface area contributed by atoms with Gasteiger partial charge in [0.05, 0.1) is 0 Å². The lowest BCUT2D eigenvalue weighted by Crippen LogP contribution is -2.18. The van der Waals surface area contributed by atoms with Gasteiger partial charge in [-0.3, -0.25) is 0 Å². The van der Waals surface area contributed by atoms with Gasteiger partial charge < -0.3 is 0 Å². The zero-order valence-electron chi connectivity index (χ0n) is 13.6. The third-order valence-electron chi connectivity index (χ3n) is 3.14. The summed E-state index contributed by atoms with van der Waals surface area (Å²) in [4.78, 5) is 2.97. The SMILES string of the molecule is CC(C)(C)c1cc(C(C)(C)C)[s+]c(C(C)(C)C)c1. The summed E-state index contributed by atoms with van der Waals surface area (Å²) in [6, 6.07) is 4.81. The molecule has 0 fully saturated rings. The summed E-state index contributed by atoms with van der Waals surface area (Å²) in [5, 5.41) is 0. The van der Waals surface area contributed by atoms with Gasteiger partial charge in [0, 0.05) is 23.0 Å². The summed E-state index contributed by atoms with van der Waals surface area (Å²) in [7, 11) is 0. The summed E-state index contributed by atoms with van der Waals surface area (Å²) in [6.07, 6.45) is 0. The van der Waals surface area contributed by atoms with Crippen LogP contribution in [0.15, 0.2) is 12.1 Å². The molecule has 0 amide bonds. The van der Waals surface area contributed by atoms with Crippen molar-refractivity contribution in [3.8, 4) is 0 Å². The van der Waals surface area contributed by atoms with Crippen molar-refractivity contribution in [1.82, 2.24) is 0 Å². The van der Waals surface area contributed by atoms with Crippen LogP contribution in [0.2, 0.25) is 0 Å². The molecule has 1 aromatic heterocycles. The van der Waals surface area contributed by atoms with E-state index in [9.17, 15) is 0 Å². The molecule has 0 saturated heterocycles. The van der Waals surface area contributed by atoms with Gasteiger partial charge in [-0.25, -0.2) is 0 Å². The molecule has 0 saturated carbocycles. The van der Waals surface area contributed by atoms with Crippen molar-refractivity contribution in [3.05, 3.63) is 27.5 Å². The number of hydrogen-bond donors (Lipinski definition) is 0. The molecule has 18 heavy (non-hydrogen) atoms. The van der Waals surface area contributed by atoms with Crippen LogP contribution in [0.5, 0.6) is 0 Å². The highest BCUT2D eigenvalue weighted by molar-refractivity contribution is 7.12. The van der Waals surface area contributed by atoms with Crippen LogP contribution >= 0.6 is 11.3 Å². The van der Waals surface area contributed by atoms with Crippen molar-refractivity contribution in [3.63, 3.8) is 0 Å². The second-order valence-corrected chi connectivity index (χ2v) is 9.41. The van der Waals surface area contributed by atoms with Gasteiger partial charge in [-0.1, -0.05) is 62.3 Å². The third-order valence-corrected chi connectivity index (χ3v) is 5.04. The Balaban J connectivity index is 3.49. The molecule has 102 valence electrons. The molecule has 1 heterocycles. The van der Waals surface area contributed by atoms with Gasteiger partial charge in [0.15, 0.2) is 0 Å². The van der Waals surface area contributed by atoms with Gasteiger partial charge in [-0.2, -0.15) is 0 Å². The Hall–Kier alpha value is -0.430. The predicted molar refractivity (Wildman–Crippen MR) is 84.8 cm³/mol. The smallest absolute Gasteiger partial charge is 0.0561 e. The lowest BCUT2D eigenvalue weighted by atomic mass is 9.83. The van der Waals surface area contributed by atoms with Crippen molar-refractivity contribution < 1.29 is 0 Å². The molecule has 1 aromatic rings. The van der Waals surface area contributed by atoms with Crippen LogP contribution < -0.4 is 0 Å². The van der Waals surface area contributed by atoms with Crippen LogP contribution in [0, 0.1) is 0 Å². The molecule has 0 N–H and O–H groups in total. The van der Waals surface area contributed by atoms with Crippen LogP contribution in [0.4, 0.5) is 0 Å². The van der Waals surface area contributed by atoms with Crippen molar-refractivity contribution in [2.24, 2.45) is 0 Å². The maximum atomic E-state index is 2.40. The van der Waals surface area contributed by atoms with E-state index in [4.69, 9.17) is 0 Å². The molecule has 0 radical (unpaired) electrons. The molecule has 0 atom stereocenters. The first-order valence-electron chi connectivity index (χ1n) is 6.81. The Bertz CT molecular complexity index is 343. The van der Waals surface area contributed by atoms with E-state index in [1.807, 2.05) is 11.3 Å². The van der Waals surface area contributed by atoms with Crippen LogP contribution in [0.3, 0.4) is 0 Å². The average molecular weight is 265 g/mol. The van der Waals surface area contributed by atoms with E-state index in [0.29, 0.717) is 0 Å². The highest BCUT2D eigenvalue weighted by Gasteiger charge is 2.33. The molecule has 0 aliphatic carbocycles.